The predicted molar refractivity (Wildman–Crippen MR) is 73.1 cm³/mol. The van der Waals surface area contributed by atoms with Gasteiger partial charge in [-0.05, 0) is 38.3 Å². The number of likely N-dealkylation sites (N-methyl/N-ethyl adjacent to an activating group) is 1. The minimum atomic E-state index is 0.558. The Morgan fingerprint density at radius 3 is 2.53 bits per heavy atom. The van der Waals surface area contributed by atoms with Crippen LogP contribution in [0.2, 0.25) is 0 Å². The standard InChI is InChI=1S/C14H30N2O/c1-4-13(11-17-3)16(5-2)14-9-7-6-8-12(14)10-15/h12-14H,4-11,15H2,1-3H3. The second kappa shape index (κ2) is 8.06. The molecule has 0 aliphatic heterocycles. The summed E-state index contributed by atoms with van der Waals surface area (Å²) in [5.74, 6) is 0.689. The van der Waals surface area contributed by atoms with Crippen LogP contribution in [0.25, 0.3) is 0 Å². The van der Waals surface area contributed by atoms with Crippen molar-refractivity contribution in [3.8, 4) is 0 Å². The molecule has 0 heterocycles. The monoisotopic (exact) mass is 242 g/mol. The van der Waals surface area contributed by atoms with Gasteiger partial charge in [0, 0.05) is 19.2 Å². The average Bonchev–Trinajstić information content (AvgIpc) is 2.39. The lowest BCUT2D eigenvalue weighted by Crippen LogP contribution is -2.51. The van der Waals surface area contributed by atoms with Gasteiger partial charge in [0.1, 0.15) is 0 Å². The number of ether oxygens (including phenoxy) is 1. The third kappa shape index (κ3) is 3.94. The van der Waals surface area contributed by atoms with E-state index in [1.165, 1.54) is 25.7 Å². The van der Waals surface area contributed by atoms with Gasteiger partial charge in [-0.1, -0.05) is 26.7 Å². The molecule has 1 fully saturated rings. The first-order valence-electron chi connectivity index (χ1n) is 7.23. The molecule has 102 valence electrons. The highest BCUT2D eigenvalue weighted by molar-refractivity contribution is 4.86. The fraction of sp³-hybridized carbons (Fsp3) is 1.00. The lowest BCUT2D eigenvalue weighted by Gasteiger charge is -2.43. The van der Waals surface area contributed by atoms with Crippen LogP contribution in [0.1, 0.15) is 46.0 Å². The minimum absolute atomic E-state index is 0.558. The fourth-order valence-corrected chi connectivity index (χ4v) is 3.30. The summed E-state index contributed by atoms with van der Waals surface area (Å²) < 4.78 is 5.36. The van der Waals surface area contributed by atoms with Crippen LogP contribution in [-0.2, 0) is 4.74 Å². The highest BCUT2D eigenvalue weighted by Crippen LogP contribution is 2.29. The van der Waals surface area contributed by atoms with Crippen molar-refractivity contribution in [1.29, 1.82) is 0 Å². The molecular formula is C14H30N2O. The molecule has 1 saturated carbocycles. The highest BCUT2D eigenvalue weighted by Gasteiger charge is 2.31. The first-order chi connectivity index (χ1) is 8.28. The lowest BCUT2D eigenvalue weighted by molar-refractivity contribution is 0.0266. The van der Waals surface area contributed by atoms with Crippen LogP contribution in [0.3, 0.4) is 0 Å². The summed E-state index contributed by atoms with van der Waals surface area (Å²) in [4.78, 5) is 2.64. The van der Waals surface area contributed by atoms with Crippen molar-refractivity contribution >= 4 is 0 Å². The van der Waals surface area contributed by atoms with Crippen LogP contribution in [0.5, 0.6) is 0 Å². The molecule has 0 radical (unpaired) electrons. The molecule has 0 aromatic rings. The van der Waals surface area contributed by atoms with E-state index >= 15 is 0 Å². The Hall–Kier alpha value is -0.120. The summed E-state index contributed by atoms with van der Waals surface area (Å²) in [5, 5.41) is 0. The van der Waals surface area contributed by atoms with Gasteiger partial charge in [0.25, 0.3) is 0 Å². The Morgan fingerprint density at radius 2 is 2.00 bits per heavy atom. The third-order valence-corrected chi connectivity index (χ3v) is 4.26. The van der Waals surface area contributed by atoms with Crippen molar-refractivity contribution in [3.63, 3.8) is 0 Å². The van der Waals surface area contributed by atoms with E-state index in [1.807, 2.05) is 0 Å². The lowest BCUT2D eigenvalue weighted by atomic mass is 9.83. The molecule has 3 heteroatoms. The van der Waals surface area contributed by atoms with Crippen molar-refractivity contribution in [2.75, 3.05) is 26.8 Å². The Morgan fingerprint density at radius 1 is 1.29 bits per heavy atom. The van der Waals surface area contributed by atoms with E-state index in [-0.39, 0.29) is 0 Å². The second-order valence-corrected chi connectivity index (χ2v) is 5.20. The molecule has 2 N–H and O–H groups in total. The minimum Gasteiger partial charge on any atom is -0.383 e. The largest absolute Gasteiger partial charge is 0.383 e. The molecule has 0 amide bonds. The van der Waals surface area contributed by atoms with Crippen LogP contribution in [0.15, 0.2) is 0 Å². The van der Waals surface area contributed by atoms with E-state index in [9.17, 15) is 0 Å². The molecule has 0 aromatic carbocycles. The number of hydrogen-bond donors (Lipinski definition) is 1. The molecule has 1 aliphatic carbocycles. The molecular weight excluding hydrogens is 212 g/mol. The molecule has 0 bridgehead atoms. The van der Waals surface area contributed by atoms with E-state index in [0.29, 0.717) is 18.0 Å². The SMILES string of the molecule is CCC(COC)N(CC)C1CCCCC1CN. The molecule has 17 heavy (non-hydrogen) atoms. The zero-order valence-electron chi connectivity index (χ0n) is 11.8. The summed E-state index contributed by atoms with van der Waals surface area (Å²) >= 11 is 0. The fourth-order valence-electron chi connectivity index (χ4n) is 3.30. The van der Waals surface area contributed by atoms with E-state index < -0.39 is 0 Å². The molecule has 1 rings (SSSR count). The van der Waals surface area contributed by atoms with E-state index in [1.54, 1.807) is 7.11 Å². The van der Waals surface area contributed by atoms with Crippen LogP contribution >= 0.6 is 0 Å². The molecule has 3 atom stereocenters. The van der Waals surface area contributed by atoms with Gasteiger partial charge in [-0.3, -0.25) is 4.90 Å². The number of methoxy groups -OCH3 is 1. The van der Waals surface area contributed by atoms with Crippen molar-refractivity contribution < 1.29 is 4.74 Å². The zero-order chi connectivity index (χ0) is 12.7. The third-order valence-electron chi connectivity index (χ3n) is 4.26. The molecule has 3 nitrogen and oxygen atoms in total. The van der Waals surface area contributed by atoms with Crippen molar-refractivity contribution in [1.82, 2.24) is 4.90 Å². The topological polar surface area (TPSA) is 38.5 Å². The Kier molecular flexibility index (Phi) is 7.09. The van der Waals surface area contributed by atoms with Gasteiger partial charge in [0.2, 0.25) is 0 Å². The summed E-state index contributed by atoms with van der Waals surface area (Å²) in [5.41, 5.74) is 5.94. The molecule has 0 spiro atoms. The smallest absolute Gasteiger partial charge is 0.0618 e. The van der Waals surface area contributed by atoms with Crippen molar-refractivity contribution in [2.24, 2.45) is 11.7 Å². The first kappa shape index (κ1) is 14.9. The Balaban J connectivity index is 2.68. The maximum Gasteiger partial charge on any atom is 0.0618 e. The van der Waals surface area contributed by atoms with Gasteiger partial charge in [0.15, 0.2) is 0 Å². The normalized spacial score (nSPS) is 27.4. The van der Waals surface area contributed by atoms with Gasteiger partial charge in [-0.15, -0.1) is 0 Å². The number of nitrogens with two attached hydrogens (primary N) is 1. The predicted octanol–water partition coefficient (Wildman–Crippen LogP) is 2.25. The van der Waals surface area contributed by atoms with Gasteiger partial charge < -0.3 is 10.5 Å². The highest BCUT2D eigenvalue weighted by atomic mass is 16.5. The van der Waals surface area contributed by atoms with Crippen LogP contribution in [0, 0.1) is 5.92 Å². The number of hydrogen-bond acceptors (Lipinski definition) is 3. The van der Waals surface area contributed by atoms with Gasteiger partial charge in [-0.25, -0.2) is 0 Å². The van der Waals surface area contributed by atoms with Gasteiger partial charge in [0.05, 0.1) is 6.61 Å². The van der Waals surface area contributed by atoms with Crippen LogP contribution in [0.4, 0.5) is 0 Å². The first-order valence-corrected chi connectivity index (χ1v) is 7.23. The molecule has 0 aromatic heterocycles. The van der Waals surface area contributed by atoms with Crippen LogP contribution in [-0.4, -0.2) is 43.8 Å². The van der Waals surface area contributed by atoms with Gasteiger partial charge in [-0.2, -0.15) is 0 Å². The van der Waals surface area contributed by atoms with E-state index in [2.05, 4.69) is 18.7 Å². The average molecular weight is 242 g/mol. The molecule has 3 unspecified atom stereocenters. The maximum absolute atomic E-state index is 5.94. The molecule has 1 aliphatic rings. The summed E-state index contributed by atoms with van der Waals surface area (Å²) in [7, 11) is 1.80. The zero-order valence-corrected chi connectivity index (χ0v) is 11.8. The second-order valence-electron chi connectivity index (χ2n) is 5.20. The number of rotatable bonds is 7. The van der Waals surface area contributed by atoms with Crippen molar-refractivity contribution in [3.05, 3.63) is 0 Å². The molecule has 0 saturated heterocycles. The van der Waals surface area contributed by atoms with Crippen molar-refractivity contribution in [2.45, 2.75) is 58.0 Å². The quantitative estimate of drug-likeness (QED) is 0.744. The number of nitrogens with zero attached hydrogens (tertiary/aromatic N) is 1. The summed E-state index contributed by atoms with van der Waals surface area (Å²) in [6.45, 7) is 7.32. The van der Waals surface area contributed by atoms with E-state index in [4.69, 9.17) is 10.5 Å². The maximum atomic E-state index is 5.94. The van der Waals surface area contributed by atoms with Crippen LogP contribution < -0.4 is 5.73 Å². The Bertz CT molecular complexity index is 199. The Labute approximate surface area is 107 Å². The van der Waals surface area contributed by atoms with E-state index in [0.717, 1.165) is 26.1 Å². The van der Waals surface area contributed by atoms with Gasteiger partial charge >= 0.3 is 0 Å². The summed E-state index contributed by atoms with van der Waals surface area (Å²) in [6, 6.07) is 1.24. The summed E-state index contributed by atoms with van der Waals surface area (Å²) in [6.07, 6.45) is 6.50.